The summed E-state index contributed by atoms with van der Waals surface area (Å²) in [5, 5.41) is 1.05. The Hall–Kier alpha value is -0.810. The molecule has 6 heteroatoms. The van der Waals surface area contributed by atoms with Crippen LogP contribution in [0.2, 0.25) is 5.15 Å². The van der Waals surface area contributed by atoms with Crippen molar-refractivity contribution in [2.75, 3.05) is 18.6 Å². The number of halogens is 1. The minimum Gasteiger partial charge on any atom is -0.465 e. The van der Waals surface area contributed by atoms with Gasteiger partial charge in [0.1, 0.15) is 0 Å². The third kappa shape index (κ3) is 2.95. The van der Waals surface area contributed by atoms with E-state index in [1.807, 2.05) is 0 Å². The molecule has 1 heterocycles. The fraction of sp³-hybridized carbons (Fsp3) is 0.667. The van der Waals surface area contributed by atoms with Crippen LogP contribution in [-0.2, 0) is 4.74 Å². The van der Waals surface area contributed by atoms with Gasteiger partial charge in [0.25, 0.3) is 0 Å². The van der Waals surface area contributed by atoms with Gasteiger partial charge in [-0.1, -0.05) is 22.9 Å². The van der Waals surface area contributed by atoms with Crippen LogP contribution in [0.15, 0.2) is 0 Å². The third-order valence-electron chi connectivity index (χ3n) is 2.97. The van der Waals surface area contributed by atoms with Gasteiger partial charge in [-0.05, 0) is 32.6 Å². The second-order valence-electron chi connectivity index (χ2n) is 4.80. The molecular formula is C12H17ClN2O2S. The largest absolute Gasteiger partial charge is 0.465 e. The van der Waals surface area contributed by atoms with Crippen LogP contribution in [0.5, 0.6) is 0 Å². The normalized spacial score (nSPS) is 14.9. The van der Waals surface area contributed by atoms with Crippen LogP contribution in [0, 0.1) is 5.92 Å². The highest BCUT2D eigenvalue weighted by Crippen LogP contribution is 2.36. The van der Waals surface area contributed by atoms with Gasteiger partial charge in [-0.2, -0.15) is 0 Å². The Morgan fingerprint density at radius 2 is 2.28 bits per heavy atom. The Morgan fingerprint density at radius 1 is 1.61 bits per heavy atom. The minimum atomic E-state index is -0.418. The Kier molecular flexibility index (Phi) is 4.12. The molecule has 1 fully saturated rings. The van der Waals surface area contributed by atoms with E-state index in [2.05, 4.69) is 23.7 Å². The fourth-order valence-electron chi connectivity index (χ4n) is 1.72. The Labute approximate surface area is 116 Å². The first-order valence-electron chi connectivity index (χ1n) is 6.04. The van der Waals surface area contributed by atoms with E-state index in [0.717, 1.165) is 17.6 Å². The van der Waals surface area contributed by atoms with E-state index in [0.29, 0.717) is 10.9 Å². The van der Waals surface area contributed by atoms with E-state index in [9.17, 15) is 4.79 Å². The van der Waals surface area contributed by atoms with Gasteiger partial charge in [-0.25, -0.2) is 9.78 Å². The highest BCUT2D eigenvalue weighted by molar-refractivity contribution is 7.18. The van der Waals surface area contributed by atoms with Crippen molar-refractivity contribution in [2.45, 2.75) is 32.7 Å². The van der Waals surface area contributed by atoms with Gasteiger partial charge in [0.05, 0.1) is 7.11 Å². The zero-order valence-electron chi connectivity index (χ0n) is 10.8. The fourth-order valence-corrected chi connectivity index (χ4v) is 3.06. The molecule has 0 aromatic carbocycles. The summed E-state index contributed by atoms with van der Waals surface area (Å²) in [6, 6.07) is 0.346. The lowest BCUT2D eigenvalue weighted by Crippen LogP contribution is -2.32. The van der Waals surface area contributed by atoms with Crippen molar-refractivity contribution in [2.24, 2.45) is 5.92 Å². The van der Waals surface area contributed by atoms with Gasteiger partial charge in [0, 0.05) is 12.6 Å². The van der Waals surface area contributed by atoms with E-state index in [1.165, 1.54) is 31.3 Å². The van der Waals surface area contributed by atoms with Crippen LogP contribution in [0.4, 0.5) is 5.13 Å². The molecule has 2 rings (SSSR count). The van der Waals surface area contributed by atoms with Gasteiger partial charge in [-0.15, -0.1) is 0 Å². The van der Waals surface area contributed by atoms with E-state index >= 15 is 0 Å². The lowest BCUT2D eigenvalue weighted by molar-refractivity contribution is 0.0606. The van der Waals surface area contributed by atoms with Crippen LogP contribution in [0.3, 0.4) is 0 Å². The van der Waals surface area contributed by atoms with Crippen molar-refractivity contribution < 1.29 is 9.53 Å². The molecule has 0 unspecified atom stereocenters. The van der Waals surface area contributed by atoms with Gasteiger partial charge < -0.3 is 9.64 Å². The van der Waals surface area contributed by atoms with Crippen LogP contribution in [0.1, 0.15) is 36.4 Å². The number of nitrogens with zero attached hydrogens (tertiary/aromatic N) is 2. The molecule has 1 aromatic heterocycles. The SMILES string of the molecule is COC(=O)c1sc(N(CC2CC2)C(C)C)nc1Cl. The van der Waals surface area contributed by atoms with Crippen molar-refractivity contribution in [1.82, 2.24) is 4.98 Å². The van der Waals surface area contributed by atoms with E-state index in [-0.39, 0.29) is 5.15 Å². The van der Waals surface area contributed by atoms with E-state index in [4.69, 9.17) is 16.3 Å². The number of methoxy groups -OCH3 is 1. The molecule has 4 nitrogen and oxygen atoms in total. The molecule has 1 aliphatic rings. The van der Waals surface area contributed by atoms with E-state index < -0.39 is 5.97 Å². The predicted octanol–water partition coefficient (Wildman–Crippen LogP) is 3.21. The highest BCUT2D eigenvalue weighted by Gasteiger charge is 2.28. The molecule has 0 spiro atoms. The Bertz CT molecular complexity index is 443. The molecule has 1 saturated carbocycles. The number of carbonyl (C=O) groups is 1. The van der Waals surface area contributed by atoms with Crippen LogP contribution >= 0.6 is 22.9 Å². The second kappa shape index (κ2) is 5.45. The molecule has 0 bridgehead atoms. The molecule has 0 aliphatic heterocycles. The number of aromatic nitrogens is 1. The summed E-state index contributed by atoms with van der Waals surface area (Å²) in [4.78, 5) is 18.4. The zero-order chi connectivity index (χ0) is 13.3. The zero-order valence-corrected chi connectivity index (χ0v) is 12.3. The number of carbonyl (C=O) groups excluding carboxylic acids is 1. The first-order valence-corrected chi connectivity index (χ1v) is 7.23. The number of rotatable bonds is 5. The summed E-state index contributed by atoms with van der Waals surface area (Å²) in [5.74, 6) is 0.343. The lowest BCUT2D eigenvalue weighted by atomic mass is 10.3. The molecule has 0 radical (unpaired) electrons. The maximum atomic E-state index is 11.5. The maximum Gasteiger partial charge on any atom is 0.351 e. The average Bonchev–Trinajstić information content (AvgIpc) is 3.07. The molecule has 0 N–H and O–H groups in total. The molecule has 1 aromatic rings. The molecule has 0 saturated heterocycles. The first-order chi connectivity index (χ1) is 8.52. The van der Waals surface area contributed by atoms with Crippen molar-refractivity contribution in [3.8, 4) is 0 Å². The summed E-state index contributed by atoms with van der Waals surface area (Å²) in [6.45, 7) is 5.23. The molecule has 1 aliphatic carbocycles. The number of hydrogen-bond acceptors (Lipinski definition) is 5. The Morgan fingerprint density at radius 3 is 2.78 bits per heavy atom. The maximum absolute atomic E-state index is 11.5. The standard InChI is InChI=1S/C12H17ClN2O2S/c1-7(2)15(6-8-4-5-8)12-14-10(13)9(18-12)11(16)17-3/h7-8H,4-6H2,1-3H3. The molecule has 0 amide bonds. The minimum absolute atomic E-state index is 0.239. The number of thiazole rings is 1. The number of anilines is 1. The summed E-state index contributed by atoms with van der Waals surface area (Å²) in [5.41, 5.74) is 0. The molecule has 100 valence electrons. The summed E-state index contributed by atoms with van der Waals surface area (Å²) >= 11 is 7.30. The Balaban J connectivity index is 2.21. The van der Waals surface area contributed by atoms with Gasteiger partial charge in [0.15, 0.2) is 15.2 Å². The van der Waals surface area contributed by atoms with Crippen LogP contribution in [-0.4, -0.2) is 30.6 Å². The number of hydrogen-bond donors (Lipinski definition) is 0. The van der Waals surface area contributed by atoms with Crippen molar-refractivity contribution >= 4 is 34.0 Å². The number of esters is 1. The topological polar surface area (TPSA) is 42.4 Å². The quantitative estimate of drug-likeness (QED) is 0.780. The second-order valence-corrected chi connectivity index (χ2v) is 6.13. The van der Waals surface area contributed by atoms with Crippen molar-refractivity contribution in [3.05, 3.63) is 10.0 Å². The third-order valence-corrected chi connectivity index (χ3v) is 4.42. The van der Waals surface area contributed by atoms with Crippen molar-refractivity contribution in [1.29, 1.82) is 0 Å². The predicted molar refractivity (Wildman–Crippen MR) is 73.7 cm³/mol. The summed E-state index contributed by atoms with van der Waals surface area (Å²) in [6.07, 6.45) is 2.57. The van der Waals surface area contributed by atoms with E-state index in [1.54, 1.807) is 0 Å². The molecule has 0 atom stereocenters. The van der Waals surface area contributed by atoms with Crippen molar-refractivity contribution in [3.63, 3.8) is 0 Å². The average molecular weight is 289 g/mol. The van der Waals surface area contributed by atoms with Crippen LogP contribution in [0.25, 0.3) is 0 Å². The summed E-state index contributed by atoms with van der Waals surface area (Å²) < 4.78 is 4.69. The number of ether oxygens (including phenoxy) is 1. The highest BCUT2D eigenvalue weighted by atomic mass is 35.5. The van der Waals surface area contributed by atoms with Gasteiger partial charge >= 0.3 is 5.97 Å². The lowest BCUT2D eigenvalue weighted by Gasteiger charge is -2.25. The smallest absolute Gasteiger partial charge is 0.351 e. The van der Waals surface area contributed by atoms with Gasteiger partial charge in [0.2, 0.25) is 0 Å². The van der Waals surface area contributed by atoms with Crippen LogP contribution < -0.4 is 4.90 Å². The molecular weight excluding hydrogens is 272 g/mol. The van der Waals surface area contributed by atoms with Gasteiger partial charge in [-0.3, -0.25) is 0 Å². The monoisotopic (exact) mass is 288 g/mol. The first kappa shape index (κ1) is 13.6. The summed E-state index contributed by atoms with van der Waals surface area (Å²) in [7, 11) is 1.35. The molecule has 18 heavy (non-hydrogen) atoms.